The molecule has 5 aliphatic heterocycles. The summed E-state index contributed by atoms with van der Waals surface area (Å²) in [7, 11) is -40.9. The van der Waals surface area contributed by atoms with Gasteiger partial charge in [-0.25, -0.2) is 30.5 Å². The van der Waals surface area contributed by atoms with Gasteiger partial charge in [0.15, 0.2) is 49.8 Å². The molecule has 0 aromatic rings. The van der Waals surface area contributed by atoms with E-state index in [9.17, 15) is 142 Å². The third kappa shape index (κ3) is 21.2. The second-order valence-corrected chi connectivity index (χ2v) is 25.9. The van der Waals surface area contributed by atoms with Gasteiger partial charge in [0, 0.05) is 0 Å². The molecular formula is C31H51N3O47S7. The van der Waals surface area contributed by atoms with Gasteiger partial charge in [0.25, 0.3) is 0 Å². The summed E-state index contributed by atoms with van der Waals surface area (Å²) in [5.74, 6) is -4.81. The van der Waals surface area contributed by atoms with E-state index in [0.29, 0.717) is 0 Å². The number of nitrogens with one attached hydrogen (secondary N) is 3. The Labute approximate surface area is 491 Å². The van der Waals surface area contributed by atoms with E-state index >= 15 is 0 Å². The van der Waals surface area contributed by atoms with Crippen LogP contribution in [0.1, 0.15) is 0 Å². The number of carbonyl (C=O) groups excluding carboxylic acids is 1. The minimum Gasteiger partial charge on any atom is -0.479 e. The molecule has 0 saturated carbocycles. The molecule has 50 nitrogen and oxygen atoms in total. The summed E-state index contributed by atoms with van der Waals surface area (Å²) in [6, 6.07) is -7.83. The highest BCUT2D eigenvalue weighted by atomic mass is 32.3. The van der Waals surface area contributed by atoms with Crippen molar-refractivity contribution in [2.24, 2.45) is 0 Å². The van der Waals surface area contributed by atoms with Gasteiger partial charge in [-0.05, 0) is 0 Å². The smallest absolute Gasteiger partial charge is 0.397 e. The Kier molecular flexibility index (Phi) is 24.9. The largest absolute Gasteiger partial charge is 0.479 e. The van der Waals surface area contributed by atoms with Crippen molar-refractivity contribution in [1.82, 2.24) is 14.8 Å². The summed E-state index contributed by atoms with van der Waals surface area (Å²) < 4.78 is 305. The van der Waals surface area contributed by atoms with Gasteiger partial charge in [0.2, 0.25) is 6.41 Å². The highest BCUT2D eigenvalue weighted by Crippen LogP contribution is 2.38. The highest BCUT2D eigenvalue weighted by Gasteiger charge is 2.61. The van der Waals surface area contributed by atoms with Crippen LogP contribution in [0.3, 0.4) is 0 Å². The predicted octanol–water partition coefficient (Wildman–Crippen LogP) is -14.1. The summed E-state index contributed by atoms with van der Waals surface area (Å²) in [5.41, 5.74) is 0. The number of aliphatic hydroxyl groups is 7. The first-order chi connectivity index (χ1) is 40.0. The molecule has 5 aliphatic rings. The van der Waals surface area contributed by atoms with E-state index in [0.717, 1.165) is 4.72 Å². The van der Waals surface area contributed by atoms with Crippen LogP contribution >= 0.6 is 0 Å². The molecule has 0 aliphatic carbocycles. The fraction of sp³-hybridized carbons (Fsp3) is 0.903. The standard InChI is InChI=1S/C31H51N3O47S7/c35-4-32-9-12(37)11(36)5(1-68-84(53,54)55)72-28(9)76-20-14(39)15(40)30(78-23(20)25(42)43)75-18-7(3-70-86(59,60)61)73-29(10(34-83(50,51)52)19(18)80-87(62,63)64)77-21-16(41)22(81-88(65,66)67)31(79-24(21)26(44)45)74-17-6(2-69-85(56,57)58)71-27(46)8(13(17)38)33-82(47,48)49/h4-24,27-31,33-34,36-41,46H,1-3H2,(H,32,35)(H,42,43)(H,44,45)(H,47,48,49)(H,50,51,52)(H,53,54,55)(H,56,57,58)(H,59,60,61)(H,62,63,64)(H,65,66,67)/t5-,6-,7-,8-,9-,10-,11-,12-,13-,14-,15-,16+,17-,18-,19-,20+,21?,22-,23+,24-,27+,28-,29-,30-,31-/m1/s1. The molecule has 0 spiro atoms. The van der Waals surface area contributed by atoms with Crippen LogP contribution < -0.4 is 14.8 Å². The van der Waals surface area contributed by atoms with E-state index in [1.165, 1.54) is 4.72 Å². The van der Waals surface area contributed by atoms with Gasteiger partial charge < -0.3 is 93.9 Å². The van der Waals surface area contributed by atoms with Crippen molar-refractivity contribution in [3.63, 3.8) is 0 Å². The van der Waals surface area contributed by atoms with E-state index in [2.05, 4.69) is 20.9 Å². The Morgan fingerprint density at radius 2 is 0.784 bits per heavy atom. The maximum absolute atomic E-state index is 12.9. The molecule has 0 radical (unpaired) electrons. The zero-order valence-corrected chi connectivity index (χ0v) is 48.0. The average molecular weight is 1440 g/mol. The number of carboxylic acid groups (broad SMARTS) is 2. The molecule has 0 bridgehead atoms. The van der Waals surface area contributed by atoms with Gasteiger partial charge in [-0.2, -0.15) is 68.4 Å². The van der Waals surface area contributed by atoms with Crippen LogP contribution in [-0.2, 0) is 151 Å². The lowest BCUT2D eigenvalue weighted by Crippen LogP contribution is -2.71. The van der Waals surface area contributed by atoms with E-state index < -0.39 is 258 Å². The molecule has 0 aromatic carbocycles. The number of ether oxygens (including phenoxy) is 9. The highest BCUT2D eigenvalue weighted by molar-refractivity contribution is 7.84. The minimum atomic E-state index is -6.32. The number of hydrogen-bond donors (Lipinski definition) is 19. The lowest BCUT2D eigenvalue weighted by Gasteiger charge is -2.50. The second-order valence-electron chi connectivity index (χ2n) is 18.2. The van der Waals surface area contributed by atoms with Gasteiger partial charge in [-0.3, -0.25) is 36.7 Å². The number of rotatable bonds is 29. The van der Waals surface area contributed by atoms with Crippen LogP contribution in [0.4, 0.5) is 0 Å². The third-order valence-corrected chi connectivity index (χ3v) is 15.6. The maximum atomic E-state index is 12.9. The van der Waals surface area contributed by atoms with Gasteiger partial charge in [0.1, 0.15) is 104 Å². The molecule has 88 heavy (non-hydrogen) atoms. The van der Waals surface area contributed by atoms with Crippen molar-refractivity contribution in [1.29, 1.82) is 0 Å². The molecule has 5 rings (SSSR count). The molecule has 1 amide bonds. The van der Waals surface area contributed by atoms with E-state index in [-0.39, 0.29) is 6.41 Å². The Morgan fingerprint density at radius 1 is 0.386 bits per heavy atom. The second kappa shape index (κ2) is 29.0. The molecule has 57 heteroatoms. The van der Waals surface area contributed by atoms with Crippen LogP contribution in [0.2, 0.25) is 0 Å². The SMILES string of the molecule is O=CN[C@H]1[C@@H](O[C@H]2[C@H](O)[C@@H](O)[C@H](O[C@H]3[C@H](OS(=O)(=O)O)[C@@H](NS(=O)(=O)O)[C@@H](OC4[C@H](C(=O)O)O[C@@H](O[C@H]5[C@H](O)[C@@H](NS(=O)(=O)O)[C@@H](O)O[C@@H]5COS(=O)(=O)O)[C@H](OS(=O)(=O)O)[C@H]4O)O[C@@H]3COS(=O)(=O)O)O[C@@H]2C(=O)O)O[C@H](COS(=O)(=O)O)[C@@H](O)[C@@H]1O. The Hall–Kier alpha value is -3.14. The summed E-state index contributed by atoms with van der Waals surface area (Å²) in [6.07, 6.45) is -62.7. The molecule has 25 atom stereocenters. The maximum Gasteiger partial charge on any atom is 0.397 e. The first-order valence-corrected chi connectivity index (χ1v) is 32.7. The van der Waals surface area contributed by atoms with Gasteiger partial charge in [-0.15, -0.1) is 0 Å². The van der Waals surface area contributed by atoms with Crippen LogP contribution in [0.25, 0.3) is 0 Å². The topological polar surface area (TPSA) is 779 Å². The van der Waals surface area contributed by atoms with Crippen LogP contribution in [0.15, 0.2) is 0 Å². The minimum absolute atomic E-state index is 0.179. The first-order valence-electron chi connectivity index (χ1n) is 23.0. The summed E-state index contributed by atoms with van der Waals surface area (Å²) in [6.45, 7) is -4.96. The Balaban J connectivity index is 1.58. The fourth-order valence-corrected chi connectivity index (χ4v) is 11.9. The normalized spacial score (nSPS) is 39.3. The molecule has 5 heterocycles. The third-order valence-electron chi connectivity index (χ3n) is 12.2. The average Bonchev–Trinajstić information content (AvgIpc) is 0.914. The van der Waals surface area contributed by atoms with Crippen molar-refractivity contribution in [2.75, 3.05) is 19.8 Å². The number of carboxylic acids is 2. The monoisotopic (exact) mass is 1440 g/mol. The lowest BCUT2D eigenvalue weighted by molar-refractivity contribution is -0.372. The summed E-state index contributed by atoms with van der Waals surface area (Å²) >= 11 is 0. The van der Waals surface area contributed by atoms with E-state index in [1.807, 2.05) is 5.32 Å². The molecular weight excluding hydrogens is 1390 g/mol. The summed E-state index contributed by atoms with van der Waals surface area (Å²) in [5, 5.41) is 99.6. The zero-order valence-electron chi connectivity index (χ0n) is 42.3. The molecule has 5 fully saturated rings. The Bertz CT molecular complexity index is 3270. The van der Waals surface area contributed by atoms with Gasteiger partial charge in [-0.1, -0.05) is 0 Å². The van der Waals surface area contributed by atoms with Crippen molar-refractivity contribution in [2.45, 2.75) is 153 Å². The summed E-state index contributed by atoms with van der Waals surface area (Å²) in [4.78, 5) is 37.2. The van der Waals surface area contributed by atoms with E-state index in [1.54, 1.807) is 0 Å². The number of aliphatic hydroxyl groups excluding tert-OH is 7. The van der Waals surface area contributed by atoms with E-state index in [4.69, 9.17) is 51.7 Å². The fourth-order valence-electron chi connectivity index (χ4n) is 8.76. The van der Waals surface area contributed by atoms with Crippen LogP contribution in [0, 0.1) is 0 Å². The number of hydrogen-bond acceptors (Lipinski definition) is 38. The lowest BCUT2D eigenvalue weighted by atomic mass is 9.94. The molecule has 19 N–H and O–H groups in total. The number of carbonyl (C=O) groups is 3. The van der Waals surface area contributed by atoms with Gasteiger partial charge >= 0.3 is 84.5 Å². The molecule has 0 aromatic heterocycles. The van der Waals surface area contributed by atoms with Crippen molar-refractivity contribution in [3.8, 4) is 0 Å². The quantitative estimate of drug-likeness (QED) is 0.0244. The van der Waals surface area contributed by atoms with Crippen molar-refractivity contribution < 1.29 is 215 Å². The zero-order chi connectivity index (χ0) is 66.9. The van der Waals surface area contributed by atoms with Crippen molar-refractivity contribution >= 4 is 91.0 Å². The number of aliphatic carboxylic acids is 2. The predicted molar refractivity (Wildman–Crippen MR) is 252 cm³/mol. The first kappa shape index (κ1) is 75.6. The van der Waals surface area contributed by atoms with Gasteiger partial charge in [0.05, 0.1) is 19.8 Å². The molecule has 5 saturated heterocycles. The van der Waals surface area contributed by atoms with Crippen LogP contribution in [0.5, 0.6) is 0 Å². The molecule has 514 valence electrons. The van der Waals surface area contributed by atoms with Crippen molar-refractivity contribution in [3.05, 3.63) is 0 Å². The number of amides is 1. The molecule has 1 unspecified atom stereocenters. The van der Waals surface area contributed by atoms with Crippen LogP contribution in [-0.4, -0.2) is 328 Å². The Morgan fingerprint density at radius 3 is 1.24 bits per heavy atom.